The second kappa shape index (κ2) is 9.21. The molecule has 0 saturated heterocycles. The zero-order chi connectivity index (χ0) is 21.6. The molecule has 154 valence electrons. The summed E-state index contributed by atoms with van der Waals surface area (Å²) in [5.74, 6) is -2.16. The van der Waals surface area contributed by atoms with Crippen molar-refractivity contribution in [3.8, 4) is 0 Å². The molecule has 0 atom stereocenters. The Labute approximate surface area is 170 Å². The van der Waals surface area contributed by atoms with Crippen molar-refractivity contribution in [3.63, 3.8) is 0 Å². The molecule has 0 amide bonds. The highest BCUT2D eigenvalue weighted by Gasteiger charge is 2.33. The predicted molar refractivity (Wildman–Crippen MR) is 100 cm³/mol. The highest BCUT2D eigenvalue weighted by Crippen LogP contribution is 2.30. The second-order valence-corrected chi connectivity index (χ2v) is 6.25. The van der Waals surface area contributed by atoms with E-state index in [-0.39, 0.29) is 13.2 Å². The third kappa shape index (κ3) is 5.66. The van der Waals surface area contributed by atoms with Crippen LogP contribution < -0.4 is 0 Å². The molecule has 0 aliphatic carbocycles. The molecule has 3 aromatic rings. The molecule has 5 nitrogen and oxygen atoms in total. The van der Waals surface area contributed by atoms with Crippen molar-refractivity contribution in [1.82, 2.24) is 4.98 Å². The summed E-state index contributed by atoms with van der Waals surface area (Å²) in [6.07, 6.45) is -4.79. The van der Waals surface area contributed by atoms with Crippen LogP contribution in [0.5, 0.6) is 0 Å². The van der Waals surface area contributed by atoms with Gasteiger partial charge >= 0.3 is 18.1 Å². The molecule has 1 aromatic heterocycles. The molecule has 0 unspecified atom stereocenters. The molecule has 0 fully saturated rings. The molecule has 3 rings (SSSR count). The summed E-state index contributed by atoms with van der Waals surface area (Å²) in [7, 11) is 0. The Hall–Kier alpha value is -3.68. The van der Waals surface area contributed by atoms with E-state index >= 15 is 0 Å². The van der Waals surface area contributed by atoms with Crippen LogP contribution in [0.25, 0.3) is 0 Å². The van der Waals surface area contributed by atoms with Gasteiger partial charge in [-0.2, -0.15) is 13.2 Å². The minimum Gasteiger partial charge on any atom is -0.456 e. The number of alkyl halides is 3. The van der Waals surface area contributed by atoms with Gasteiger partial charge in [0.05, 0.1) is 5.56 Å². The average molecular weight is 415 g/mol. The molecule has 0 saturated carbocycles. The van der Waals surface area contributed by atoms with Gasteiger partial charge in [0.1, 0.15) is 24.6 Å². The maximum Gasteiger partial charge on any atom is 0.416 e. The summed E-state index contributed by atoms with van der Waals surface area (Å²) in [6.45, 7) is -0.295. The summed E-state index contributed by atoms with van der Waals surface area (Å²) in [5.41, 5.74) is -1.16. The van der Waals surface area contributed by atoms with Gasteiger partial charge in [0, 0.05) is 0 Å². The lowest BCUT2D eigenvalue weighted by atomic mass is 10.1. The van der Waals surface area contributed by atoms with E-state index in [2.05, 4.69) is 4.98 Å². The van der Waals surface area contributed by atoms with E-state index in [0.29, 0.717) is 23.3 Å². The Morgan fingerprint density at radius 3 is 1.50 bits per heavy atom. The SMILES string of the molecule is O=C(OCc1ccccc1)c1cc(C(F)(F)F)cc(C(=O)OCc2ccccc2)n1. The first-order valence-corrected chi connectivity index (χ1v) is 8.84. The van der Waals surface area contributed by atoms with Gasteiger partial charge < -0.3 is 9.47 Å². The number of nitrogens with zero attached hydrogens (tertiary/aromatic N) is 1. The Morgan fingerprint density at radius 1 is 0.733 bits per heavy atom. The number of pyridine rings is 1. The number of ether oxygens (including phenoxy) is 2. The minimum absolute atomic E-state index is 0.147. The van der Waals surface area contributed by atoms with Gasteiger partial charge in [-0.05, 0) is 23.3 Å². The molecule has 30 heavy (non-hydrogen) atoms. The van der Waals surface area contributed by atoms with Crippen molar-refractivity contribution in [2.75, 3.05) is 0 Å². The number of carbonyl (C=O) groups excluding carboxylic acids is 2. The summed E-state index contributed by atoms with van der Waals surface area (Å²) in [6, 6.07) is 18.3. The van der Waals surface area contributed by atoms with Crippen LogP contribution in [0, 0.1) is 0 Å². The highest BCUT2D eigenvalue weighted by atomic mass is 19.4. The molecule has 1 heterocycles. The molecule has 0 spiro atoms. The number of halogens is 3. The molecule has 0 N–H and O–H groups in total. The Balaban J connectivity index is 1.79. The predicted octanol–water partition coefficient (Wildman–Crippen LogP) is 4.81. The second-order valence-electron chi connectivity index (χ2n) is 6.25. The van der Waals surface area contributed by atoms with Gasteiger partial charge in [0.2, 0.25) is 0 Å². The molecule has 0 bridgehead atoms. The van der Waals surface area contributed by atoms with Crippen LogP contribution in [0.4, 0.5) is 13.2 Å². The van der Waals surface area contributed by atoms with Gasteiger partial charge in [-0.15, -0.1) is 0 Å². The number of esters is 2. The average Bonchev–Trinajstić information content (AvgIpc) is 2.76. The van der Waals surface area contributed by atoms with E-state index in [1.807, 2.05) is 0 Å². The minimum atomic E-state index is -4.79. The molecule has 0 aliphatic rings. The number of benzene rings is 2. The van der Waals surface area contributed by atoms with E-state index in [4.69, 9.17) is 9.47 Å². The lowest BCUT2D eigenvalue weighted by Crippen LogP contribution is -2.17. The Bertz CT molecular complexity index is 948. The lowest BCUT2D eigenvalue weighted by Gasteiger charge is -2.11. The van der Waals surface area contributed by atoms with Crippen LogP contribution in [0.1, 0.15) is 37.7 Å². The smallest absolute Gasteiger partial charge is 0.416 e. The number of carbonyl (C=O) groups is 2. The van der Waals surface area contributed by atoms with E-state index in [1.54, 1.807) is 60.7 Å². The fraction of sp³-hybridized carbons (Fsp3) is 0.136. The maximum absolute atomic E-state index is 13.2. The van der Waals surface area contributed by atoms with Crippen LogP contribution in [-0.4, -0.2) is 16.9 Å². The summed E-state index contributed by atoms with van der Waals surface area (Å²) in [5, 5.41) is 0. The molecule has 2 aromatic carbocycles. The summed E-state index contributed by atoms with van der Waals surface area (Å²) < 4.78 is 49.8. The quantitative estimate of drug-likeness (QED) is 0.541. The van der Waals surface area contributed by atoms with Gasteiger partial charge in [-0.3, -0.25) is 0 Å². The fourth-order valence-electron chi connectivity index (χ4n) is 2.50. The fourth-order valence-corrected chi connectivity index (χ4v) is 2.50. The number of rotatable bonds is 6. The van der Waals surface area contributed by atoms with E-state index in [9.17, 15) is 22.8 Å². The van der Waals surface area contributed by atoms with Crippen LogP contribution in [-0.2, 0) is 28.9 Å². The molecule has 0 radical (unpaired) electrons. The van der Waals surface area contributed by atoms with Crippen molar-refractivity contribution in [3.05, 3.63) is 101 Å². The standard InChI is InChI=1S/C22H16F3NO4/c23-22(24,25)17-11-18(20(27)29-13-15-7-3-1-4-8-15)26-19(12-17)21(28)30-14-16-9-5-2-6-10-16/h1-12H,13-14H2. The zero-order valence-electron chi connectivity index (χ0n) is 15.6. The van der Waals surface area contributed by atoms with E-state index < -0.39 is 35.1 Å². The number of hydrogen-bond acceptors (Lipinski definition) is 5. The van der Waals surface area contributed by atoms with E-state index in [0.717, 1.165) is 0 Å². The van der Waals surface area contributed by atoms with E-state index in [1.165, 1.54) is 0 Å². The summed E-state index contributed by atoms with van der Waals surface area (Å²) >= 11 is 0. The third-order valence-corrected chi connectivity index (χ3v) is 4.00. The summed E-state index contributed by atoms with van der Waals surface area (Å²) in [4.78, 5) is 28.2. The van der Waals surface area contributed by atoms with Gasteiger partial charge in [-0.1, -0.05) is 60.7 Å². The van der Waals surface area contributed by atoms with Crippen LogP contribution in [0.15, 0.2) is 72.8 Å². The van der Waals surface area contributed by atoms with Gasteiger partial charge in [0.15, 0.2) is 0 Å². The Kier molecular flexibility index (Phi) is 6.46. The topological polar surface area (TPSA) is 65.5 Å². The normalized spacial score (nSPS) is 11.0. The molecular weight excluding hydrogens is 399 g/mol. The largest absolute Gasteiger partial charge is 0.456 e. The van der Waals surface area contributed by atoms with Gasteiger partial charge in [0.25, 0.3) is 0 Å². The third-order valence-electron chi connectivity index (χ3n) is 4.00. The number of hydrogen-bond donors (Lipinski definition) is 0. The zero-order valence-corrected chi connectivity index (χ0v) is 15.6. The molecule has 8 heteroatoms. The van der Waals surface area contributed by atoms with Crippen LogP contribution >= 0.6 is 0 Å². The first-order valence-electron chi connectivity index (χ1n) is 8.84. The van der Waals surface area contributed by atoms with Crippen molar-refractivity contribution in [2.45, 2.75) is 19.4 Å². The van der Waals surface area contributed by atoms with Crippen molar-refractivity contribution < 1.29 is 32.2 Å². The first kappa shape index (κ1) is 21.0. The van der Waals surface area contributed by atoms with Gasteiger partial charge in [-0.25, -0.2) is 14.6 Å². The van der Waals surface area contributed by atoms with Crippen molar-refractivity contribution >= 4 is 11.9 Å². The first-order chi connectivity index (χ1) is 14.3. The number of aromatic nitrogens is 1. The maximum atomic E-state index is 13.2. The Morgan fingerprint density at radius 2 is 1.13 bits per heavy atom. The monoisotopic (exact) mass is 415 g/mol. The van der Waals surface area contributed by atoms with Crippen LogP contribution in [0.3, 0.4) is 0 Å². The lowest BCUT2D eigenvalue weighted by molar-refractivity contribution is -0.137. The van der Waals surface area contributed by atoms with Crippen molar-refractivity contribution in [2.24, 2.45) is 0 Å². The molecular formula is C22H16F3NO4. The van der Waals surface area contributed by atoms with Crippen molar-refractivity contribution in [1.29, 1.82) is 0 Å². The van der Waals surface area contributed by atoms with Crippen LogP contribution in [0.2, 0.25) is 0 Å². The molecule has 0 aliphatic heterocycles. The highest BCUT2D eigenvalue weighted by molar-refractivity contribution is 5.92.